The Morgan fingerprint density at radius 3 is 2.62 bits per heavy atom. The third-order valence-corrected chi connectivity index (χ3v) is 3.53. The SMILES string of the molecule is CS(=O)(=O)N1CCC[C@@H](C(N)=O)C1. The first-order valence-electron chi connectivity index (χ1n) is 4.15. The first kappa shape index (κ1) is 10.5. The quantitative estimate of drug-likeness (QED) is 0.638. The fourth-order valence-electron chi connectivity index (χ4n) is 1.48. The Balaban J connectivity index is 2.67. The summed E-state index contributed by atoms with van der Waals surface area (Å²) in [4.78, 5) is 10.8. The Labute approximate surface area is 77.9 Å². The smallest absolute Gasteiger partial charge is 0.221 e. The van der Waals surface area contributed by atoms with E-state index in [4.69, 9.17) is 5.73 Å². The van der Waals surface area contributed by atoms with Crippen molar-refractivity contribution in [2.24, 2.45) is 11.7 Å². The van der Waals surface area contributed by atoms with Crippen LogP contribution in [-0.4, -0.2) is 38.0 Å². The number of hydrogen-bond donors (Lipinski definition) is 1. The molecule has 0 aromatic heterocycles. The number of rotatable bonds is 2. The molecule has 0 bridgehead atoms. The van der Waals surface area contributed by atoms with E-state index in [-0.39, 0.29) is 12.5 Å². The molecular formula is C7H14N2O3S. The van der Waals surface area contributed by atoms with E-state index in [1.54, 1.807) is 0 Å². The van der Waals surface area contributed by atoms with Gasteiger partial charge in [-0.3, -0.25) is 4.79 Å². The van der Waals surface area contributed by atoms with Crippen molar-refractivity contribution in [3.8, 4) is 0 Å². The van der Waals surface area contributed by atoms with E-state index in [0.29, 0.717) is 19.4 Å². The standard InChI is InChI=1S/C7H14N2O3S/c1-13(11,12)9-4-2-3-6(5-9)7(8)10/h6H,2-5H2,1H3,(H2,8,10)/t6-/m1/s1. The molecule has 0 aromatic rings. The molecular weight excluding hydrogens is 192 g/mol. The zero-order valence-corrected chi connectivity index (χ0v) is 8.38. The number of amides is 1. The first-order chi connectivity index (χ1) is 5.91. The van der Waals surface area contributed by atoms with Crippen LogP contribution in [0.3, 0.4) is 0 Å². The molecule has 0 radical (unpaired) electrons. The highest BCUT2D eigenvalue weighted by Gasteiger charge is 2.28. The molecule has 1 amide bonds. The number of hydrogen-bond acceptors (Lipinski definition) is 3. The molecule has 1 fully saturated rings. The van der Waals surface area contributed by atoms with Crippen molar-refractivity contribution in [2.75, 3.05) is 19.3 Å². The zero-order valence-electron chi connectivity index (χ0n) is 7.56. The highest BCUT2D eigenvalue weighted by molar-refractivity contribution is 7.88. The molecule has 13 heavy (non-hydrogen) atoms. The average Bonchev–Trinajstić information content (AvgIpc) is 2.03. The number of primary amides is 1. The molecule has 1 aliphatic heterocycles. The van der Waals surface area contributed by atoms with Crippen LogP contribution >= 0.6 is 0 Å². The summed E-state index contributed by atoms with van der Waals surface area (Å²) >= 11 is 0. The molecule has 0 unspecified atom stereocenters. The van der Waals surface area contributed by atoms with Gasteiger partial charge in [0, 0.05) is 13.1 Å². The van der Waals surface area contributed by atoms with Crippen molar-refractivity contribution in [1.82, 2.24) is 4.31 Å². The second-order valence-corrected chi connectivity index (χ2v) is 5.34. The molecule has 5 nitrogen and oxygen atoms in total. The summed E-state index contributed by atoms with van der Waals surface area (Å²) in [6, 6.07) is 0. The maximum atomic E-state index is 11.1. The highest BCUT2D eigenvalue weighted by Crippen LogP contribution is 2.17. The number of nitrogens with zero attached hydrogens (tertiary/aromatic N) is 1. The van der Waals surface area contributed by atoms with Crippen LogP contribution < -0.4 is 5.73 Å². The van der Waals surface area contributed by atoms with E-state index in [1.165, 1.54) is 4.31 Å². The molecule has 0 aromatic carbocycles. The lowest BCUT2D eigenvalue weighted by Crippen LogP contribution is -2.43. The average molecular weight is 206 g/mol. The van der Waals surface area contributed by atoms with Crippen molar-refractivity contribution in [1.29, 1.82) is 0 Å². The number of sulfonamides is 1. The van der Waals surface area contributed by atoms with E-state index in [1.807, 2.05) is 0 Å². The van der Waals surface area contributed by atoms with Gasteiger partial charge in [0.2, 0.25) is 15.9 Å². The maximum Gasteiger partial charge on any atom is 0.221 e. The van der Waals surface area contributed by atoms with Gasteiger partial charge in [-0.25, -0.2) is 12.7 Å². The Morgan fingerprint density at radius 2 is 2.15 bits per heavy atom. The van der Waals surface area contributed by atoms with Gasteiger partial charge in [-0.1, -0.05) is 0 Å². The fraction of sp³-hybridized carbons (Fsp3) is 0.857. The number of nitrogens with two attached hydrogens (primary N) is 1. The minimum Gasteiger partial charge on any atom is -0.369 e. The zero-order chi connectivity index (χ0) is 10.1. The Hall–Kier alpha value is -0.620. The van der Waals surface area contributed by atoms with Gasteiger partial charge in [0.05, 0.1) is 12.2 Å². The van der Waals surface area contributed by atoms with Gasteiger partial charge in [0.1, 0.15) is 0 Å². The lowest BCUT2D eigenvalue weighted by Gasteiger charge is -2.28. The maximum absolute atomic E-state index is 11.1. The van der Waals surface area contributed by atoms with Crippen LogP contribution in [0.1, 0.15) is 12.8 Å². The monoisotopic (exact) mass is 206 g/mol. The predicted molar refractivity (Wildman–Crippen MR) is 48.3 cm³/mol. The summed E-state index contributed by atoms with van der Waals surface area (Å²) < 4.78 is 23.6. The number of carbonyl (C=O) groups excluding carboxylic acids is 1. The molecule has 6 heteroatoms. The van der Waals surface area contributed by atoms with Crippen LogP contribution in [0.25, 0.3) is 0 Å². The van der Waals surface area contributed by atoms with Crippen molar-refractivity contribution in [3.05, 3.63) is 0 Å². The normalized spacial score (nSPS) is 25.8. The van der Waals surface area contributed by atoms with Crippen LogP contribution in [0.4, 0.5) is 0 Å². The van der Waals surface area contributed by atoms with Gasteiger partial charge >= 0.3 is 0 Å². The topological polar surface area (TPSA) is 80.5 Å². The number of piperidine rings is 1. The van der Waals surface area contributed by atoms with Crippen LogP contribution in [0, 0.1) is 5.92 Å². The summed E-state index contributed by atoms with van der Waals surface area (Å²) in [6.45, 7) is 0.747. The second kappa shape index (κ2) is 3.63. The summed E-state index contributed by atoms with van der Waals surface area (Å²) in [6.07, 6.45) is 2.55. The predicted octanol–water partition coefficient (Wildman–Crippen LogP) is -0.857. The van der Waals surface area contributed by atoms with Crippen molar-refractivity contribution in [2.45, 2.75) is 12.8 Å². The Kier molecular flexibility index (Phi) is 2.92. The molecule has 0 saturated carbocycles. The third kappa shape index (κ3) is 2.67. The summed E-state index contributed by atoms with van der Waals surface area (Å²) in [5, 5.41) is 0. The van der Waals surface area contributed by atoms with Gasteiger partial charge < -0.3 is 5.73 Å². The van der Waals surface area contributed by atoms with E-state index in [2.05, 4.69) is 0 Å². The van der Waals surface area contributed by atoms with E-state index < -0.39 is 15.9 Å². The lowest BCUT2D eigenvalue weighted by molar-refractivity contribution is -0.122. The van der Waals surface area contributed by atoms with E-state index in [0.717, 1.165) is 6.26 Å². The van der Waals surface area contributed by atoms with E-state index in [9.17, 15) is 13.2 Å². The summed E-state index contributed by atoms with van der Waals surface area (Å²) in [7, 11) is -3.17. The van der Waals surface area contributed by atoms with Crippen molar-refractivity contribution < 1.29 is 13.2 Å². The van der Waals surface area contributed by atoms with Gasteiger partial charge in [0.25, 0.3) is 0 Å². The van der Waals surface area contributed by atoms with Crippen LogP contribution in [0.15, 0.2) is 0 Å². The van der Waals surface area contributed by atoms with Gasteiger partial charge in [-0.05, 0) is 12.8 Å². The Morgan fingerprint density at radius 1 is 1.54 bits per heavy atom. The molecule has 1 saturated heterocycles. The molecule has 1 aliphatic rings. The molecule has 2 N–H and O–H groups in total. The first-order valence-corrected chi connectivity index (χ1v) is 6.00. The van der Waals surface area contributed by atoms with Gasteiger partial charge in [-0.2, -0.15) is 0 Å². The Bertz CT molecular complexity index is 299. The van der Waals surface area contributed by atoms with Crippen molar-refractivity contribution >= 4 is 15.9 Å². The lowest BCUT2D eigenvalue weighted by atomic mass is 9.99. The fourth-order valence-corrected chi connectivity index (χ4v) is 2.39. The third-order valence-electron chi connectivity index (χ3n) is 2.26. The second-order valence-electron chi connectivity index (χ2n) is 3.36. The van der Waals surface area contributed by atoms with E-state index >= 15 is 0 Å². The minimum absolute atomic E-state index is 0.244. The largest absolute Gasteiger partial charge is 0.369 e. The molecule has 0 aliphatic carbocycles. The highest BCUT2D eigenvalue weighted by atomic mass is 32.2. The van der Waals surface area contributed by atoms with Crippen LogP contribution in [0.2, 0.25) is 0 Å². The molecule has 76 valence electrons. The van der Waals surface area contributed by atoms with Crippen LogP contribution in [-0.2, 0) is 14.8 Å². The van der Waals surface area contributed by atoms with Gasteiger partial charge in [0.15, 0.2) is 0 Å². The molecule has 1 atom stereocenters. The summed E-state index contributed by atoms with van der Waals surface area (Å²) in [5.41, 5.74) is 5.11. The number of carbonyl (C=O) groups is 1. The molecule has 0 spiro atoms. The molecule has 1 heterocycles. The van der Waals surface area contributed by atoms with Crippen molar-refractivity contribution in [3.63, 3.8) is 0 Å². The summed E-state index contributed by atoms with van der Waals surface area (Å²) in [5.74, 6) is -0.725. The van der Waals surface area contributed by atoms with Gasteiger partial charge in [-0.15, -0.1) is 0 Å². The van der Waals surface area contributed by atoms with Crippen LogP contribution in [0.5, 0.6) is 0 Å². The molecule has 1 rings (SSSR count). The minimum atomic E-state index is -3.17.